The number of hydrogen-bond donors (Lipinski definition) is 2. The summed E-state index contributed by atoms with van der Waals surface area (Å²) in [6.45, 7) is -0.00402. The van der Waals surface area contributed by atoms with Gasteiger partial charge in [-0.2, -0.15) is 0 Å². The number of thiophene rings is 1. The van der Waals surface area contributed by atoms with Crippen molar-refractivity contribution in [2.24, 2.45) is 0 Å². The molecule has 0 saturated carbocycles. The van der Waals surface area contributed by atoms with Crippen LogP contribution in [0.25, 0.3) is 0 Å². The Hall–Kier alpha value is -1.88. The molecule has 0 aliphatic rings. The fraction of sp³-hybridized carbons (Fsp3) is 0.154. The molecule has 0 fully saturated rings. The molecule has 0 atom stereocenters. The molecule has 0 aliphatic heterocycles. The van der Waals surface area contributed by atoms with Crippen LogP contribution in [0.5, 0.6) is 0 Å². The summed E-state index contributed by atoms with van der Waals surface area (Å²) in [5.41, 5.74) is 0.636. The lowest BCUT2D eigenvalue weighted by molar-refractivity contribution is 0.305. The normalized spacial score (nSPS) is 10.7. The Bertz CT molecular complexity index is 728. The third kappa shape index (κ3) is 3.81. The van der Waals surface area contributed by atoms with Gasteiger partial charge in [0, 0.05) is 18.2 Å². The van der Waals surface area contributed by atoms with Crippen LogP contribution >= 0.6 is 11.3 Å². The van der Waals surface area contributed by atoms with Crippen molar-refractivity contribution in [2.45, 2.75) is 10.6 Å². The number of nitrogens with one attached hydrogen (secondary N) is 1. The van der Waals surface area contributed by atoms with E-state index in [1.54, 1.807) is 23.6 Å². The summed E-state index contributed by atoms with van der Waals surface area (Å²) in [6, 6.07) is 6.42. The van der Waals surface area contributed by atoms with Crippen LogP contribution in [0.3, 0.4) is 0 Å². The molecule has 2 N–H and O–H groups in total. The van der Waals surface area contributed by atoms with Gasteiger partial charge in [-0.1, -0.05) is 17.9 Å². The minimum Gasteiger partial charge on any atom is -0.395 e. The molecule has 0 saturated heterocycles. The maximum absolute atomic E-state index is 12.0. The molecule has 2 aromatic rings. The molecule has 2 heterocycles. The van der Waals surface area contributed by atoms with E-state index in [9.17, 15) is 8.42 Å². The van der Waals surface area contributed by atoms with E-state index in [-0.39, 0.29) is 16.6 Å². The molecule has 0 unspecified atom stereocenters. The molecule has 104 valence electrons. The smallest absolute Gasteiger partial charge is 0.272 e. The predicted octanol–water partition coefficient (Wildman–Crippen LogP) is 1.68. The van der Waals surface area contributed by atoms with Crippen molar-refractivity contribution in [3.63, 3.8) is 0 Å². The summed E-state index contributed by atoms with van der Waals surface area (Å²) in [5, 5.41) is 10.3. The van der Waals surface area contributed by atoms with Crippen molar-refractivity contribution < 1.29 is 13.5 Å². The van der Waals surface area contributed by atoms with Crippen LogP contribution < -0.4 is 4.72 Å². The van der Waals surface area contributed by atoms with E-state index < -0.39 is 10.0 Å². The number of hydrogen-bond acceptors (Lipinski definition) is 5. The average Bonchev–Trinajstić information content (AvgIpc) is 2.94. The van der Waals surface area contributed by atoms with Gasteiger partial charge < -0.3 is 5.11 Å². The van der Waals surface area contributed by atoms with Gasteiger partial charge in [0.1, 0.15) is 10.0 Å². The third-order valence-corrected chi connectivity index (χ3v) is 4.98. The molecule has 0 amide bonds. The summed E-state index contributed by atoms with van der Waals surface area (Å²) in [4.78, 5) is 3.96. The van der Waals surface area contributed by atoms with E-state index in [1.165, 1.54) is 12.3 Å². The first-order valence-corrected chi connectivity index (χ1v) is 8.10. The lowest BCUT2D eigenvalue weighted by Crippen LogP contribution is -2.12. The van der Waals surface area contributed by atoms with Crippen LogP contribution in [0.4, 0.5) is 5.82 Å². The molecule has 0 aromatic carbocycles. The van der Waals surface area contributed by atoms with Crippen LogP contribution in [0, 0.1) is 11.8 Å². The zero-order valence-electron chi connectivity index (χ0n) is 10.4. The molecule has 2 rings (SSSR count). The highest BCUT2D eigenvalue weighted by Crippen LogP contribution is 2.19. The molecule has 20 heavy (non-hydrogen) atoms. The van der Waals surface area contributed by atoms with Crippen molar-refractivity contribution in [1.29, 1.82) is 0 Å². The Labute approximate surface area is 121 Å². The summed E-state index contributed by atoms with van der Waals surface area (Å²) >= 11 is 1.14. The number of nitrogens with zero attached hydrogens (tertiary/aromatic N) is 1. The largest absolute Gasteiger partial charge is 0.395 e. The molecule has 0 spiro atoms. The Morgan fingerprint density at radius 2 is 2.25 bits per heavy atom. The van der Waals surface area contributed by atoms with E-state index in [1.807, 2.05) is 0 Å². The second-order valence-electron chi connectivity index (χ2n) is 3.74. The highest BCUT2D eigenvalue weighted by Gasteiger charge is 2.15. The zero-order chi connectivity index (χ0) is 14.4. The van der Waals surface area contributed by atoms with Crippen LogP contribution in [0.15, 0.2) is 40.1 Å². The molecular formula is C13H12N2O3S2. The number of aromatic nitrogens is 1. The van der Waals surface area contributed by atoms with Crippen molar-refractivity contribution in [1.82, 2.24) is 4.98 Å². The Morgan fingerprint density at radius 3 is 2.95 bits per heavy atom. The van der Waals surface area contributed by atoms with Crippen molar-refractivity contribution in [2.75, 3.05) is 11.3 Å². The highest BCUT2D eigenvalue weighted by atomic mass is 32.2. The SMILES string of the molecule is O=S(=O)(Nc1cc(C#CCCO)ccn1)c1cccs1. The predicted molar refractivity (Wildman–Crippen MR) is 77.9 cm³/mol. The molecule has 0 aliphatic carbocycles. The first-order valence-electron chi connectivity index (χ1n) is 5.74. The Morgan fingerprint density at radius 1 is 1.40 bits per heavy atom. The average molecular weight is 308 g/mol. The van der Waals surface area contributed by atoms with Gasteiger partial charge in [-0.25, -0.2) is 13.4 Å². The van der Waals surface area contributed by atoms with Crippen LogP contribution in [-0.2, 0) is 10.0 Å². The zero-order valence-corrected chi connectivity index (χ0v) is 12.0. The maximum atomic E-state index is 12.0. The second kappa shape index (κ2) is 6.52. The van der Waals surface area contributed by atoms with Gasteiger partial charge in [-0.3, -0.25) is 4.72 Å². The van der Waals surface area contributed by atoms with E-state index >= 15 is 0 Å². The molecular weight excluding hydrogens is 296 g/mol. The van der Waals surface area contributed by atoms with Crippen LogP contribution in [0.2, 0.25) is 0 Å². The van der Waals surface area contributed by atoms with Gasteiger partial charge in [-0.05, 0) is 23.6 Å². The minimum absolute atomic E-state index is 0.00402. The number of aliphatic hydroxyl groups is 1. The number of aliphatic hydroxyl groups excluding tert-OH is 1. The van der Waals surface area contributed by atoms with Crippen molar-refractivity contribution >= 4 is 27.2 Å². The number of rotatable bonds is 4. The Balaban J connectivity index is 2.19. The number of anilines is 1. The third-order valence-electron chi connectivity index (χ3n) is 2.23. The quantitative estimate of drug-likeness (QED) is 0.842. The first kappa shape index (κ1) is 14.5. The highest BCUT2D eigenvalue weighted by molar-refractivity contribution is 7.94. The monoisotopic (exact) mass is 308 g/mol. The van der Waals surface area contributed by atoms with Gasteiger partial charge in [0.25, 0.3) is 10.0 Å². The van der Waals surface area contributed by atoms with E-state index in [0.717, 1.165) is 11.3 Å². The lowest BCUT2D eigenvalue weighted by atomic mass is 10.2. The topological polar surface area (TPSA) is 79.3 Å². The number of pyridine rings is 1. The Kier molecular flexibility index (Phi) is 4.74. The standard InChI is InChI=1S/C13H12N2O3S2/c16-8-2-1-4-11-6-7-14-12(10-11)15-20(17,18)13-5-3-9-19-13/h3,5-7,9-10,16H,2,8H2,(H,14,15). The van der Waals surface area contributed by atoms with Gasteiger partial charge in [-0.15, -0.1) is 11.3 Å². The fourth-order valence-corrected chi connectivity index (χ4v) is 3.38. The minimum atomic E-state index is -3.59. The van der Waals surface area contributed by atoms with Crippen LogP contribution in [0.1, 0.15) is 12.0 Å². The summed E-state index contributed by atoms with van der Waals surface area (Å²) < 4.78 is 26.7. The van der Waals surface area contributed by atoms with Gasteiger partial charge in [0.15, 0.2) is 0 Å². The molecule has 7 heteroatoms. The molecule has 5 nitrogen and oxygen atoms in total. The summed E-state index contributed by atoms with van der Waals surface area (Å²) in [7, 11) is -3.59. The van der Waals surface area contributed by atoms with Gasteiger partial charge in [0.2, 0.25) is 0 Å². The molecule has 0 bridgehead atoms. The number of sulfonamides is 1. The summed E-state index contributed by atoms with van der Waals surface area (Å²) in [5.74, 6) is 5.81. The van der Waals surface area contributed by atoms with Gasteiger partial charge in [0.05, 0.1) is 6.61 Å². The molecule has 0 radical (unpaired) electrons. The second-order valence-corrected chi connectivity index (χ2v) is 6.60. The summed E-state index contributed by atoms with van der Waals surface area (Å²) in [6.07, 6.45) is 1.85. The van der Waals surface area contributed by atoms with Crippen molar-refractivity contribution in [3.05, 3.63) is 41.4 Å². The van der Waals surface area contributed by atoms with E-state index in [0.29, 0.717) is 12.0 Å². The fourth-order valence-electron chi connectivity index (χ4n) is 1.39. The first-order chi connectivity index (χ1) is 9.62. The van der Waals surface area contributed by atoms with Crippen LogP contribution in [-0.4, -0.2) is 25.1 Å². The maximum Gasteiger partial charge on any atom is 0.272 e. The van der Waals surface area contributed by atoms with Gasteiger partial charge >= 0.3 is 0 Å². The molecule has 2 aromatic heterocycles. The van der Waals surface area contributed by atoms with E-state index in [2.05, 4.69) is 21.5 Å². The van der Waals surface area contributed by atoms with Crippen molar-refractivity contribution in [3.8, 4) is 11.8 Å². The lowest BCUT2D eigenvalue weighted by Gasteiger charge is -2.05. The van der Waals surface area contributed by atoms with E-state index in [4.69, 9.17) is 5.11 Å².